The monoisotopic (exact) mass is 192 g/mol. The van der Waals surface area contributed by atoms with Crippen LogP contribution in [0, 0.1) is 11.6 Å². The van der Waals surface area contributed by atoms with E-state index in [-0.39, 0.29) is 11.4 Å². The van der Waals surface area contributed by atoms with Crippen molar-refractivity contribution in [1.29, 1.82) is 0 Å². The van der Waals surface area contributed by atoms with Crippen LogP contribution < -0.4 is 0 Å². The SMILES string of the molecule is O[C@H](CCl)c1ccc(F)cc1F. The Morgan fingerprint density at radius 3 is 2.58 bits per heavy atom. The van der Waals surface area contributed by atoms with Crippen LogP contribution in [-0.2, 0) is 0 Å². The number of halogens is 3. The molecule has 0 heterocycles. The van der Waals surface area contributed by atoms with Gasteiger partial charge in [-0.2, -0.15) is 0 Å². The third-order valence-corrected chi connectivity index (χ3v) is 1.76. The lowest BCUT2D eigenvalue weighted by Crippen LogP contribution is -2.01. The molecule has 1 N–H and O–H groups in total. The zero-order valence-corrected chi connectivity index (χ0v) is 6.85. The van der Waals surface area contributed by atoms with E-state index in [1.165, 1.54) is 6.07 Å². The second kappa shape index (κ2) is 3.83. The Morgan fingerprint density at radius 1 is 1.42 bits per heavy atom. The van der Waals surface area contributed by atoms with Gasteiger partial charge in [-0.25, -0.2) is 8.78 Å². The zero-order valence-electron chi connectivity index (χ0n) is 6.10. The van der Waals surface area contributed by atoms with Gasteiger partial charge in [0.2, 0.25) is 0 Å². The number of hydrogen-bond donors (Lipinski definition) is 1. The molecule has 66 valence electrons. The fourth-order valence-electron chi connectivity index (χ4n) is 0.855. The molecule has 4 heteroatoms. The predicted octanol–water partition coefficient (Wildman–Crippen LogP) is 2.24. The maximum atomic E-state index is 12.8. The quantitative estimate of drug-likeness (QED) is 0.713. The van der Waals surface area contributed by atoms with E-state index >= 15 is 0 Å². The first-order valence-corrected chi connectivity index (χ1v) is 3.87. The van der Waals surface area contributed by atoms with Crippen LogP contribution in [0.4, 0.5) is 8.78 Å². The summed E-state index contributed by atoms with van der Waals surface area (Å²) in [6.07, 6.45) is -1.08. The first-order chi connectivity index (χ1) is 5.65. The van der Waals surface area contributed by atoms with Crippen LogP contribution in [0.25, 0.3) is 0 Å². The van der Waals surface area contributed by atoms with E-state index in [0.717, 1.165) is 6.07 Å². The summed E-state index contributed by atoms with van der Waals surface area (Å²) in [7, 11) is 0. The van der Waals surface area contributed by atoms with Crippen LogP contribution in [0.3, 0.4) is 0 Å². The van der Waals surface area contributed by atoms with Gasteiger partial charge in [0.15, 0.2) is 0 Å². The Bertz CT molecular complexity index is 278. The average molecular weight is 193 g/mol. The van der Waals surface area contributed by atoms with Crippen molar-refractivity contribution in [3.8, 4) is 0 Å². The van der Waals surface area contributed by atoms with Crippen molar-refractivity contribution in [3.63, 3.8) is 0 Å². The van der Waals surface area contributed by atoms with Crippen molar-refractivity contribution in [2.75, 3.05) is 5.88 Å². The van der Waals surface area contributed by atoms with Crippen molar-refractivity contribution in [3.05, 3.63) is 35.4 Å². The van der Waals surface area contributed by atoms with Gasteiger partial charge < -0.3 is 5.11 Å². The molecular weight excluding hydrogens is 186 g/mol. The highest BCUT2D eigenvalue weighted by Crippen LogP contribution is 2.18. The molecule has 0 radical (unpaired) electrons. The molecule has 1 atom stereocenters. The topological polar surface area (TPSA) is 20.2 Å². The minimum Gasteiger partial charge on any atom is -0.387 e. The summed E-state index contributed by atoms with van der Waals surface area (Å²) >= 11 is 5.29. The molecule has 0 bridgehead atoms. The second-order valence-electron chi connectivity index (χ2n) is 2.34. The van der Waals surface area contributed by atoms with Gasteiger partial charge in [0.25, 0.3) is 0 Å². The molecule has 0 saturated heterocycles. The van der Waals surface area contributed by atoms with Crippen molar-refractivity contribution in [2.45, 2.75) is 6.10 Å². The Hall–Kier alpha value is -0.670. The molecule has 0 unspecified atom stereocenters. The first-order valence-electron chi connectivity index (χ1n) is 3.34. The molecule has 12 heavy (non-hydrogen) atoms. The normalized spacial score (nSPS) is 13.0. The Kier molecular flexibility index (Phi) is 3.00. The number of alkyl halides is 1. The number of benzene rings is 1. The van der Waals surface area contributed by atoms with E-state index in [1.54, 1.807) is 0 Å². The summed E-state index contributed by atoms with van der Waals surface area (Å²) in [5.74, 6) is -1.55. The highest BCUT2D eigenvalue weighted by molar-refractivity contribution is 6.18. The standard InChI is InChI=1S/C8H7ClF2O/c9-4-8(12)6-2-1-5(10)3-7(6)11/h1-3,8,12H,4H2/t8-/m1/s1. The smallest absolute Gasteiger partial charge is 0.131 e. The lowest BCUT2D eigenvalue weighted by molar-refractivity contribution is 0.197. The summed E-state index contributed by atoms with van der Waals surface area (Å²) in [5, 5.41) is 9.11. The van der Waals surface area contributed by atoms with Crippen molar-refractivity contribution in [1.82, 2.24) is 0 Å². The molecule has 0 fully saturated rings. The molecule has 1 nitrogen and oxygen atoms in total. The van der Waals surface area contributed by atoms with Gasteiger partial charge in [-0.15, -0.1) is 11.6 Å². The van der Waals surface area contributed by atoms with Gasteiger partial charge in [0.05, 0.1) is 12.0 Å². The average Bonchev–Trinajstić information content (AvgIpc) is 2.03. The zero-order chi connectivity index (χ0) is 9.14. The molecule has 0 amide bonds. The van der Waals surface area contributed by atoms with Crippen LogP contribution in [0.15, 0.2) is 18.2 Å². The molecule has 0 aliphatic heterocycles. The van der Waals surface area contributed by atoms with E-state index in [4.69, 9.17) is 16.7 Å². The fraction of sp³-hybridized carbons (Fsp3) is 0.250. The van der Waals surface area contributed by atoms with Gasteiger partial charge in [-0.1, -0.05) is 6.07 Å². The van der Waals surface area contributed by atoms with Gasteiger partial charge in [0.1, 0.15) is 11.6 Å². The molecule has 0 saturated carbocycles. The van der Waals surface area contributed by atoms with Crippen molar-refractivity contribution < 1.29 is 13.9 Å². The fourth-order valence-corrected chi connectivity index (χ4v) is 1.02. The third kappa shape index (κ3) is 1.93. The number of aliphatic hydroxyl groups is 1. The molecule has 0 aliphatic rings. The molecule has 1 rings (SSSR count). The van der Waals surface area contributed by atoms with Crippen molar-refractivity contribution in [2.24, 2.45) is 0 Å². The van der Waals surface area contributed by atoms with E-state index in [0.29, 0.717) is 6.07 Å². The second-order valence-corrected chi connectivity index (χ2v) is 2.64. The molecule has 1 aromatic carbocycles. The highest BCUT2D eigenvalue weighted by atomic mass is 35.5. The molecular formula is C8H7ClF2O. The highest BCUT2D eigenvalue weighted by Gasteiger charge is 2.11. The summed E-state index contributed by atoms with van der Waals surface area (Å²) < 4.78 is 25.2. The predicted molar refractivity (Wildman–Crippen MR) is 42.0 cm³/mol. The third-order valence-electron chi connectivity index (χ3n) is 1.47. The number of aliphatic hydroxyl groups excluding tert-OH is 1. The van der Waals surface area contributed by atoms with Crippen LogP contribution >= 0.6 is 11.6 Å². The minimum atomic E-state index is -1.08. The van der Waals surface area contributed by atoms with Gasteiger partial charge >= 0.3 is 0 Å². The summed E-state index contributed by atoms with van der Waals surface area (Å²) in [4.78, 5) is 0. The van der Waals surface area contributed by atoms with Crippen LogP contribution in [-0.4, -0.2) is 11.0 Å². The first kappa shape index (κ1) is 9.42. The van der Waals surface area contributed by atoms with Crippen molar-refractivity contribution >= 4 is 11.6 Å². The van der Waals surface area contributed by atoms with E-state index in [9.17, 15) is 8.78 Å². The van der Waals surface area contributed by atoms with Crippen LogP contribution in [0.5, 0.6) is 0 Å². The minimum absolute atomic E-state index is 0.0198. The number of hydrogen-bond acceptors (Lipinski definition) is 1. The van der Waals surface area contributed by atoms with Gasteiger partial charge in [-0.05, 0) is 6.07 Å². The maximum absolute atomic E-state index is 12.8. The molecule has 0 spiro atoms. The Morgan fingerprint density at radius 2 is 2.08 bits per heavy atom. The molecule has 0 aromatic heterocycles. The van der Waals surface area contributed by atoms with Gasteiger partial charge in [-0.3, -0.25) is 0 Å². The lowest BCUT2D eigenvalue weighted by Gasteiger charge is -2.07. The Balaban J connectivity index is 3.01. The van der Waals surface area contributed by atoms with E-state index < -0.39 is 17.7 Å². The summed E-state index contributed by atoms with van der Waals surface area (Å²) in [6.45, 7) is 0. The summed E-state index contributed by atoms with van der Waals surface area (Å²) in [6, 6.07) is 2.97. The van der Waals surface area contributed by atoms with Gasteiger partial charge in [0, 0.05) is 11.6 Å². The Labute approximate surface area is 73.6 Å². The van der Waals surface area contributed by atoms with Crippen LogP contribution in [0.2, 0.25) is 0 Å². The molecule has 1 aromatic rings. The van der Waals surface area contributed by atoms with E-state index in [1.807, 2.05) is 0 Å². The number of rotatable bonds is 2. The maximum Gasteiger partial charge on any atom is 0.131 e. The lowest BCUT2D eigenvalue weighted by atomic mass is 10.1. The van der Waals surface area contributed by atoms with E-state index in [2.05, 4.69) is 0 Å². The largest absolute Gasteiger partial charge is 0.387 e. The summed E-state index contributed by atoms with van der Waals surface area (Å²) in [5.41, 5.74) is 0.0198. The van der Waals surface area contributed by atoms with Crippen LogP contribution in [0.1, 0.15) is 11.7 Å². The molecule has 0 aliphatic carbocycles.